The summed E-state index contributed by atoms with van der Waals surface area (Å²) in [5, 5.41) is 0. The maximum absolute atomic E-state index is 12.4. The molecule has 0 aromatic carbocycles. The first-order valence-electron chi connectivity index (χ1n) is 10.5. The highest BCUT2D eigenvalue weighted by Gasteiger charge is 2.27. The first-order valence-corrected chi connectivity index (χ1v) is 10.5. The molecule has 0 aliphatic carbocycles. The second-order valence-corrected chi connectivity index (χ2v) is 8.66. The molecule has 0 aromatic rings. The standard InChI is InChI=1S/C23H38O5/c1-8-9-19(24)15(4)11-21(26)17(6)13-23(28)18(7)12-22(27)16(5)10-20(25)14(2)3/h14-18H,8-13H2,1-7H3. The Morgan fingerprint density at radius 1 is 0.500 bits per heavy atom. The van der Waals surface area contributed by atoms with Crippen molar-refractivity contribution in [2.45, 2.75) is 87.0 Å². The molecule has 160 valence electrons. The Hall–Kier alpha value is -1.65. The van der Waals surface area contributed by atoms with Crippen molar-refractivity contribution in [3.8, 4) is 0 Å². The molecule has 0 aliphatic rings. The predicted molar refractivity (Wildman–Crippen MR) is 110 cm³/mol. The second-order valence-electron chi connectivity index (χ2n) is 8.66. The third-order valence-electron chi connectivity index (χ3n) is 5.37. The predicted octanol–water partition coefficient (Wildman–Crippen LogP) is 4.39. The van der Waals surface area contributed by atoms with Crippen LogP contribution in [0.5, 0.6) is 0 Å². The lowest BCUT2D eigenvalue weighted by molar-refractivity contribution is -0.133. The number of ketones is 5. The molecule has 0 N–H and O–H groups in total. The third-order valence-corrected chi connectivity index (χ3v) is 5.37. The van der Waals surface area contributed by atoms with E-state index in [0.717, 1.165) is 6.42 Å². The molecule has 0 bridgehead atoms. The number of carbonyl (C=O) groups excluding carboxylic acids is 5. The summed E-state index contributed by atoms with van der Waals surface area (Å²) < 4.78 is 0. The highest BCUT2D eigenvalue weighted by Crippen LogP contribution is 2.20. The summed E-state index contributed by atoms with van der Waals surface area (Å²) in [7, 11) is 0. The van der Waals surface area contributed by atoms with Gasteiger partial charge in [0.05, 0.1) is 0 Å². The van der Waals surface area contributed by atoms with Crippen LogP contribution in [0.1, 0.15) is 87.0 Å². The van der Waals surface area contributed by atoms with E-state index in [1.807, 2.05) is 6.92 Å². The van der Waals surface area contributed by atoms with Crippen LogP contribution in [-0.2, 0) is 24.0 Å². The topological polar surface area (TPSA) is 85.3 Å². The molecule has 0 saturated heterocycles. The highest BCUT2D eigenvalue weighted by molar-refractivity contribution is 5.94. The zero-order valence-electron chi connectivity index (χ0n) is 18.7. The van der Waals surface area contributed by atoms with E-state index in [0.29, 0.717) is 6.42 Å². The Labute approximate surface area is 170 Å². The van der Waals surface area contributed by atoms with Crippen LogP contribution in [0, 0.1) is 29.6 Å². The lowest BCUT2D eigenvalue weighted by Crippen LogP contribution is -2.26. The van der Waals surface area contributed by atoms with E-state index in [-0.39, 0.29) is 66.4 Å². The Bertz CT molecular complexity index is 576. The average molecular weight is 395 g/mol. The van der Waals surface area contributed by atoms with Crippen LogP contribution >= 0.6 is 0 Å². The van der Waals surface area contributed by atoms with Gasteiger partial charge in [0.1, 0.15) is 28.9 Å². The summed E-state index contributed by atoms with van der Waals surface area (Å²) in [5.74, 6) is -1.91. The normalized spacial score (nSPS) is 15.6. The minimum absolute atomic E-state index is 0.0470. The largest absolute Gasteiger partial charge is 0.299 e. The number of rotatable bonds is 15. The summed E-state index contributed by atoms with van der Waals surface area (Å²) in [6.07, 6.45) is 1.78. The summed E-state index contributed by atoms with van der Waals surface area (Å²) in [5.41, 5.74) is 0. The van der Waals surface area contributed by atoms with E-state index in [2.05, 4.69) is 0 Å². The van der Waals surface area contributed by atoms with Gasteiger partial charge >= 0.3 is 0 Å². The summed E-state index contributed by atoms with van der Waals surface area (Å²) in [6.45, 7) is 12.4. The van der Waals surface area contributed by atoms with E-state index in [1.165, 1.54) is 0 Å². The van der Waals surface area contributed by atoms with Gasteiger partial charge in [-0.05, 0) is 6.42 Å². The SMILES string of the molecule is CCCC(=O)C(C)CC(=O)C(C)CC(=O)C(C)CC(=O)C(C)CC(=O)C(C)C. The van der Waals surface area contributed by atoms with Crippen molar-refractivity contribution in [1.29, 1.82) is 0 Å². The van der Waals surface area contributed by atoms with Crippen molar-refractivity contribution in [3.63, 3.8) is 0 Å². The maximum atomic E-state index is 12.4. The van der Waals surface area contributed by atoms with Gasteiger partial charge < -0.3 is 0 Å². The van der Waals surface area contributed by atoms with Crippen LogP contribution in [0.2, 0.25) is 0 Å². The molecule has 0 amide bonds. The fourth-order valence-corrected chi connectivity index (χ4v) is 2.99. The van der Waals surface area contributed by atoms with Crippen molar-refractivity contribution < 1.29 is 24.0 Å². The minimum atomic E-state index is -0.474. The van der Waals surface area contributed by atoms with Crippen molar-refractivity contribution in [3.05, 3.63) is 0 Å². The van der Waals surface area contributed by atoms with Crippen LogP contribution < -0.4 is 0 Å². The Kier molecular flexibility index (Phi) is 12.0. The molecule has 28 heavy (non-hydrogen) atoms. The Morgan fingerprint density at radius 2 is 0.786 bits per heavy atom. The first-order chi connectivity index (χ1) is 12.9. The fraction of sp³-hybridized carbons (Fsp3) is 0.783. The molecule has 0 saturated carbocycles. The molecule has 0 rings (SSSR count). The van der Waals surface area contributed by atoms with Crippen molar-refractivity contribution in [2.24, 2.45) is 29.6 Å². The second kappa shape index (κ2) is 12.7. The molecule has 5 nitrogen and oxygen atoms in total. The third kappa shape index (κ3) is 9.52. The van der Waals surface area contributed by atoms with E-state index >= 15 is 0 Å². The molecule has 0 radical (unpaired) electrons. The molecule has 4 atom stereocenters. The van der Waals surface area contributed by atoms with E-state index in [9.17, 15) is 24.0 Å². The van der Waals surface area contributed by atoms with Crippen LogP contribution in [0.15, 0.2) is 0 Å². The molecule has 0 fully saturated rings. The molecule has 0 aromatic heterocycles. The van der Waals surface area contributed by atoms with Gasteiger partial charge in [-0.15, -0.1) is 0 Å². The van der Waals surface area contributed by atoms with Crippen LogP contribution in [0.4, 0.5) is 0 Å². The first kappa shape index (κ1) is 26.4. The van der Waals surface area contributed by atoms with Gasteiger partial charge in [0, 0.05) is 61.7 Å². The number of carbonyl (C=O) groups is 5. The zero-order valence-corrected chi connectivity index (χ0v) is 18.7. The molecular weight excluding hydrogens is 356 g/mol. The van der Waals surface area contributed by atoms with Crippen LogP contribution in [0.25, 0.3) is 0 Å². The molecule has 5 heteroatoms. The van der Waals surface area contributed by atoms with E-state index in [4.69, 9.17) is 0 Å². The quantitative estimate of drug-likeness (QED) is 0.411. The number of Topliss-reactive ketones (excluding diaryl/α,β-unsaturated/α-hetero) is 5. The highest BCUT2D eigenvalue weighted by atomic mass is 16.1. The molecule has 4 unspecified atom stereocenters. The van der Waals surface area contributed by atoms with Crippen molar-refractivity contribution >= 4 is 28.9 Å². The van der Waals surface area contributed by atoms with Gasteiger partial charge in [-0.25, -0.2) is 0 Å². The monoisotopic (exact) mass is 394 g/mol. The van der Waals surface area contributed by atoms with Gasteiger partial charge in [-0.3, -0.25) is 24.0 Å². The van der Waals surface area contributed by atoms with E-state index < -0.39 is 17.8 Å². The van der Waals surface area contributed by atoms with Crippen molar-refractivity contribution in [2.75, 3.05) is 0 Å². The summed E-state index contributed by atoms with van der Waals surface area (Å²) >= 11 is 0. The fourth-order valence-electron chi connectivity index (χ4n) is 2.99. The van der Waals surface area contributed by atoms with Crippen molar-refractivity contribution in [1.82, 2.24) is 0 Å². The van der Waals surface area contributed by atoms with Gasteiger partial charge in [-0.2, -0.15) is 0 Å². The van der Waals surface area contributed by atoms with Gasteiger partial charge in [0.25, 0.3) is 0 Å². The smallest absolute Gasteiger partial charge is 0.136 e. The lowest BCUT2D eigenvalue weighted by atomic mass is 9.85. The molecule has 0 spiro atoms. The van der Waals surface area contributed by atoms with Gasteiger partial charge in [0.15, 0.2) is 0 Å². The molecule has 0 heterocycles. The maximum Gasteiger partial charge on any atom is 0.136 e. The average Bonchev–Trinajstić information content (AvgIpc) is 2.60. The van der Waals surface area contributed by atoms with Crippen LogP contribution in [-0.4, -0.2) is 28.9 Å². The van der Waals surface area contributed by atoms with Gasteiger partial charge in [-0.1, -0.05) is 48.5 Å². The summed E-state index contributed by atoms with van der Waals surface area (Å²) in [4.78, 5) is 60.7. The zero-order chi connectivity index (χ0) is 22.0. The minimum Gasteiger partial charge on any atom is -0.299 e. The van der Waals surface area contributed by atoms with Crippen LogP contribution in [0.3, 0.4) is 0 Å². The summed E-state index contributed by atoms with van der Waals surface area (Å²) in [6, 6.07) is 0. The lowest BCUT2D eigenvalue weighted by Gasteiger charge is -2.17. The van der Waals surface area contributed by atoms with Gasteiger partial charge in [0.2, 0.25) is 0 Å². The Balaban J connectivity index is 4.55. The number of hydrogen-bond donors (Lipinski definition) is 0. The molecule has 0 aliphatic heterocycles. The van der Waals surface area contributed by atoms with E-state index in [1.54, 1.807) is 41.5 Å². The Morgan fingerprint density at radius 3 is 1.07 bits per heavy atom. The number of hydrogen-bond acceptors (Lipinski definition) is 5. The molecular formula is C23H38O5.